The maximum Gasteiger partial charge on any atom is 0.247 e. The van der Waals surface area contributed by atoms with Crippen LogP contribution in [0.2, 0.25) is 0 Å². The summed E-state index contributed by atoms with van der Waals surface area (Å²) in [6, 6.07) is 19.8. The van der Waals surface area contributed by atoms with Crippen molar-refractivity contribution in [3.05, 3.63) is 70.7 Å². The van der Waals surface area contributed by atoms with Crippen molar-refractivity contribution in [3.63, 3.8) is 0 Å². The lowest BCUT2D eigenvalue weighted by Crippen LogP contribution is -2.36. The number of fused-ring (bicyclic) bond motifs is 4. The van der Waals surface area contributed by atoms with Crippen LogP contribution >= 0.6 is 27.7 Å². The van der Waals surface area contributed by atoms with Gasteiger partial charge in [0, 0.05) is 22.5 Å². The third kappa shape index (κ3) is 3.63. The zero-order chi connectivity index (χ0) is 22.2. The fourth-order valence-corrected chi connectivity index (χ4v) is 4.80. The summed E-state index contributed by atoms with van der Waals surface area (Å²) in [6.07, 6.45) is -0.712. The number of carbonyl (C=O) groups is 1. The van der Waals surface area contributed by atoms with Gasteiger partial charge in [0.05, 0.1) is 5.69 Å². The Labute approximate surface area is 198 Å². The van der Waals surface area contributed by atoms with Crippen molar-refractivity contribution in [2.45, 2.75) is 25.2 Å². The van der Waals surface area contributed by atoms with Crippen molar-refractivity contribution in [2.24, 2.45) is 0 Å². The summed E-state index contributed by atoms with van der Waals surface area (Å²) in [5, 5.41) is 11.3. The molecule has 0 fully saturated rings. The molecule has 0 N–H and O–H groups in total. The number of benzene rings is 3. The van der Waals surface area contributed by atoms with Crippen molar-refractivity contribution in [3.8, 4) is 17.1 Å². The van der Waals surface area contributed by atoms with E-state index in [2.05, 4.69) is 31.1 Å². The number of rotatable bonds is 3. The first kappa shape index (κ1) is 20.9. The van der Waals surface area contributed by atoms with Crippen molar-refractivity contribution < 1.29 is 9.53 Å². The second-order valence-corrected chi connectivity index (χ2v) is 9.42. The molecule has 8 heteroatoms. The first-order valence-corrected chi connectivity index (χ1v) is 12.0. The van der Waals surface area contributed by atoms with Gasteiger partial charge in [0.2, 0.25) is 23.2 Å². The van der Waals surface area contributed by atoms with E-state index >= 15 is 0 Å². The van der Waals surface area contributed by atoms with Gasteiger partial charge in [-0.25, -0.2) is 0 Å². The molecule has 4 aromatic rings. The quantitative estimate of drug-likeness (QED) is 0.317. The minimum absolute atomic E-state index is 0.143. The smallest absolute Gasteiger partial charge is 0.247 e. The summed E-state index contributed by atoms with van der Waals surface area (Å²) in [4.78, 5) is 19.3. The highest BCUT2D eigenvalue weighted by molar-refractivity contribution is 9.10. The molecule has 0 radical (unpaired) electrons. The number of anilines is 1. The van der Waals surface area contributed by atoms with Crippen molar-refractivity contribution in [1.82, 2.24) is 15.2 Å². The fraction of sp³-hybridized carbons (Fsp3) is 0.167. The van der Waals surface area contributed by atoms with Crippen LogP contribution < -0.4 is 9.64 Å². The zero-order valence-electron chi connectivity index (χ0n) is 17.4. The predicted molar refractivity (Wildman–Crippen MR) is 130 cm³/mol. The van der Waals surface area contributed by atoms with Gasteiger partial charge in [0.25, 0.3) is 0 Å². The summed E-state index contributed by atoms with van der Waals surface area (Å²) < 4.78 is 7.36. The number of halogens is 1. The van der Waals surface area contributed by atoms with Crippen molar-refractivity contribution in [1.29, 1.82) is 0 Å². The van der Waals surface area contributed by atoms with E-state index in [0.29, 0.717) is 22.4 Å². The second kappa shape index (κ2) is 8.52. The molecule has 0 saturated heterocycles. The van der Waals surface area contributed by atoms with Gasteiger partial charge < -0.3 is 4.74 Å². The number of ether oxygens (including phenoxy) is 1. The van der Waals surface area contributed by atoms with Crippen molar-refractivity contribution >= 4 is 50.1 Å². The van der Waals surface area contributed by atoms with Gasteiger partial charge in [-0.05, 0) is 34.7 Å². The van der Waals surface area contributed by atoms with E-state index in [1.165, 1.54) is 11.8 Å². The van der Waals surface area contributed by atoms with Crippen LogP contribution in [0.1, 0.15) is 25.6 Å². The van der Waals surface area contributed by atoms with Crippen LogP contribution in [0, 0.1) is 0 Å². The van der Waals surface area contributed by atoms with E-state index < -0.39 is 6.23 Å². The normalized spacial score (nSPS) is 15.0. The molecule has 32 heavy (non-hydrogen) atoms. The Kier molecular flexibility index (Phi) is 5.57. The number of thioether (sulfide) groups is 1. The molecule has 0 bridgehead atoms. The van der Waals surface area contributed by atoms with Gasteiger partial charge in [-0.1, -0.05) is 77.1 Å². The molecular weight excluding hydrogens is 488 g/mol. The molecule has 0 spiro atoms. The van der Waals surface area contributed by atoms with E-state index in [1.54, 1.807) is 11.8 Å². The minimum Gasteiger partial charge on any atom is -0.447 e. The maximum atomic E-state index is 13.0. The highest BCUT2D eigenvalue weighted by atomic mass is 79.9. The summed E-state index contributed by atoms with van der Waals surface area (Å²) in [5.41, 5.74) is 2.82. The van der Waals surface area contributed by atoms with Crippen LogP contribution in [0.25, 0.3) is 22.0 Å². The average molecular weight is 507 g/mol. The molecule has 6 nitrogen and oxygen atoms in total. The maximum absolute atomic E-state index is 13.0. The van der Waals surface area contributed by atoms with Gasteiger partial charge in [0.1, 0.15) is 0 Å². The summed E-state index contributed by atoms with van der Waals surface area (Å²) in [5.74, 6) is 1.03. The molecule has 5 rings (SSSR count). The van der Waals surface area contributed by atoms with Crippen LogP contribution in [-0.2, 0) is 4.79 Å². The van der Waals surface area contributed by atoms with E-state index in [4.69, 9.17) is 4.74 Å². The van der Waals surface area contributed by atoms with Gasteiger partial charge in [-0.15, -0.1) is 10.2 Å². The van der Waals surface area contributed by atoms with E-state index in [9.17, 15) is 4.79 Å². The molecule has 1 aliphatic heterocycles. The van der Waals surface area contributed by atoms with Gasteiger partial charge in [0.15, 0.2) is 5.69 Å². The van der Waals surface area contributed by atoms with E-state index in [1.807, 2.05) is 67.6 Å². The number of nitrogens with zero attached hydrogens (tertiary/aromatic N) is 4. The molecule has 0 saturated carbocycles. The molecule has 160 valence electrons. The molecule has 1 aliphatic rings. The molecule has 1 aromatic heterocycles. The SMILES string of the molecule is CCSc1nnc2c(n1)O[C@@H](c1cccc3ccccc13)N(C(C)=O)c1ccc(Br)cc1-2. The summed E-state index contributed by atoms with van der Waals surface area (Å²) in [7, 11) is 0. The van der Waals surface area contributed by atoms with Crippen LogP contribution in [-0.4, -0.2) is 26.8 Å². The van der Waals surface area contributed by atoms with Gasteiger partial charge in [-0.2, -0.15) is 4.98 Å². The number of hydrogen-bond acceptors (Lipinski definition) is 6. The molecule has 3 aromatic carbocycles. The number of amides is 1. The molecule has 0 aliphatic carbocycles. The summed E-state index contributed by atoms with van der Waals surface area (Å²) >= 11 is 5.03. The molecule has 0 unspecified atom stereocenters. The Balaban J connectivity index is 1.80. The molecule has 1 atom stereocenters. The molecule has 2 heterocycles. The number of hydrogen-bond donors (Lipinski definition) is 0. The second-order valence-electron chi connectivity index (χ2n) is 7.27. The highest BCUT2D eigenvalue weighted by Gasteiger charge is 2.35. The summed E-state index contributed by atoms with van der Waals surface area (Å²) in [6.45, 7) is 3.57. The Hall–Kier alpha value is -2.97. The Bertz CT molecular complexity index is 1340. The van der Waals surface area contributed by atoms with Crippen LogP contribution in [0.5, 0.6) is 5.88 Å². The lowest BCUT2D eigenvalue weighted by atomic mass is 10.0. The number of aromatic nitrogens is 3. The zero-order valence-corrected chi connectivity index (χ0v) is 19.9. The standard InChI is InChI=1S/C24H19BrN4O2S/c1-3-32-24-26-22-21(27-28-24)19-13-16(25)11-12-20(19)29(14(2)30)23(31-22)18-10-6-8-15-7-4-5-9-17(15)18/h4-13,23H,3H2,1-2H3/t23-/m0/s1. The Morgan fingerprint density at radius 3 is 2.75 bits per heavy atom. The first-order valence-electron chi connectivity index (χ1n) is 10.2. The van der Waals surface area contributed by atoms with Crippen LogP contribution in [0.3, 0.4) is 0 Å². The third-order valence-corrected chi connectivity index (χ3v) is 6.48. The van der Waals surface area contributed by atoms with E-state index in [-0.39, 0.29) is 5.91 Å². The predicted octanol–water partition coefficient (Wildman–Crippen LogP) is 6.01. The third-order valence-electron chi connectivity index (χ3n) is 5.27. The fourth-order valence-electron chi connectivity index (χ4n) is 3.94. The van der Waals surface area contributed by atoms with Gasteiger partial charge >= 0.3 is 0 Å². The van der Waals surface area contributed by atoms with Crippen LogP contribution in [0.4, 0.5) is 5.69 Å². The molecular formula is C24H19BrN4O2S. The van der Waals surface area contributed by atoms with Gasteiger partial charge in [-0.3, -0.25) is 9.69 Å². The highest BCUT2D eigenvalue weighted by Crippen LogP contribution is 2.45. The monoisotopic (exact) mass is 506 g/mol. The van der Waals surface area contributed by atoms with E-state index in [0.717, 1.165) is 32.1 Å². The Morgan fingerprint density at radius 1 is 1.12 bits per heavy atom. The average Bonchev–Trinajstić information content (AvgIpc) is 2.93. The van der Waals surface area contributed by atoms with Crippen LogP contribution in [0.15, 0.2) is 70.3 Å². The Morgan fingerprint density at radius 2 is 1.94 bits per heavy atom. The lowest BCUT2D eigenvalue weighted by molar-refractivity contribution is -0.118. The topological polar surface area (TPSA) is 68.2 Å². The first-order chi connectivity index (χ1) is 15.6. The number of carbonyl (C=O) groups excluding carboxylic acids is 1. The lowest BCUT2D eigenvalue weighted by Gasteiger charge is -2.30. The van der Waals surface area contributed by atoms with Crippen molar-refractivity contribution in [2.75, 3.05) is 10.7 Å². The minimum atomic E-state index is -0.712. The molecule has 1 amide bonds. The largest absolute Gasteiger partial charge is 0.447 e.